The summed E-state index contributed by atoms with van der Waals surface area (Å²) >= 11 is 0. The Morgan fingerprint density at radius 3 is 2.78 bits per heavy atom. The third kappa shape index (κ3) is 2.09. The Bertz CT molecular complexity index is 683. The molecular formula is C13H11N3O2. The molecule has 0 atom stereocenters. The maximum absolute atomic E-state index is 11.1. The zero-order valence-electron chi connectivity index (χ0n) is 10.0. The second-order valence-corrected chi connectivity index (χ2v) is 3.79. The molecule has 0 aliphatic carbocycles. The van der Waals surface area contributed by atoms with E-state index in [0.29, 0.717) is 5.69 Å². The summed E-state index contributed by atoms with van der Waals surface area (Å²) in [5.74, 6) is 0.765. The number of rotatable bonds is 2. The van der Waals surface area contributed by atoms with Crippen LogP contribution in [-0.4, -0.2) is 17.3 Å². The fraction of sp³-hybridized carbons (Fsp3) is 0.154. The topological polar surface area (TPSA) is 78.8 Å². The predicted molar refractivity (Wildman–Crippen MR) is 66.3 cm³/mol. The van der Waals surface area contributed by atoms with Gasteiger partial charge in [-0.15, -0.1) is 0 Å². The van der Waals surface area contributed by atoms with Gasteiger partial charge in [0.05, 0.1) is 12.7 Å². The molecule has 0 radical (unpaired) electrons. The zero-order chi connectivity index (χ0) is 13.1. The van der Waals surface area contributed by atoms with Gasteiger partial charge >= 0.3 is 0 Å². The van der Waals surface area contributed by atoms with Crippen LogP contribution >= 0.6 is 0 Å². The highest BCUT2D eigenvalue weighted by molar-refractivity contribution is 5.67. The summed E-state index contributed by atoms with van der Waals surface area (Å²) in [6.45, 7) is 1.90. The quantitative estimate of drug-likeness (QED) is 0.866. The summed E-state index contributed by atoms with van der Waals surface area (Å²) in [7, 11) is 1.60. The molecule has 0 aliphatic rings. The van der Waals surface area contributed by atoms with Crippen molar-refractivity contribution in [3.05, 3.63) is 45.7 Å². The van der Waals surface area contributed by atoms with Crippen LogP contribution in [0.3, 0.4) is 0 Å². The molecule has 1 heterocycles. The second-order valence-electron chi connectivity index (χ2n) is 3.79. The number of aromatic nitrogens is 2. The van der Waals surface area contributed by atoms with Gasteiger partial charge in [-0.3, -0.25) is 4.79 Å². The first-order valence-electron chi connectivity index (χ1n) is 5.30. The number of nitriles is 1. The normalized spacial score (nSPS) is 9.83. The molecule has 0 spiro atoms. The summed E-state index contributed by atoms with van der Waals surface area (Å²) in [5.41, 5.74) is 2.03. The van der Waals surface area contributed by atoms with E-state index in [1.54, 1.807) is 19.2 Å². The van der Waals surface area contributed by atoms with Gasteiger partial charge in [-0.25, -0.2) is 5.10 Å². The van der Waals surface area contributed by atoms with E-state index in [0.717, 1.165) is 16.9 Å². The van der Waals surface area contributed by atoms with Gasteiger partial charge < -0.3 is 4.74 Å². The van der Waals surface area contributed by atoms with Crippen LogP contribution in [0, 0.1) is 18.3 Å². The van der Waals surface area contributed by atoms with Crippen molar-refractivity contribution >= 4 is 0 Å². The molecule has 0 saturated carbocycles. The van der Waals surface area contributed by atoms with Crippen molar-refractivity contribution in [2.24, 2.45) is 0 Å². The molecule has 1 N–H and O–H groups in total. The predicted octanol–water partition coefficient (Wildman–Crippen LogP) is 1.63. The standard InChI is InChI=1S/C13H11N3O2/c1-8-5-9(3-4-11(8)18-2)13-10(7-14)6-12(17)15-16-13/h3-6H,1-2H3,(H,15,17). The molecule has 0 saturated heterocycles. The van der Waals surface area contributed by atoms with E-state index in [1.165, 1.54) is 6.07 Å². The molecule has 0 fully saturated rings. The molecule has 5 nitrogen and oxygen atoms in total. The van der Waals surface area contributed by atoms with Gasteiger partial charge in [-0.1, -0.05) is 0 Å². The third-order valence-corrected chi connectivity index (χ3v) is 2.60. The van der Waals surface area contributed by atoms with E-state index >= 15 is 0 Å². The lowest BCUT2D eigenvalue weighted by Crippen LogP contribution is -2.08. The Balaban J connectivity index is 2.59. The van der Waals surface area contributed by atoms with Crippen LogP contribution in [0.15, 0.2) is 29.1 Å². The van der Waals surface area contributed by atoms with E-state index in [9.17, 15) is 4.79 Å². The lowest BCUT2D eigenvalue weighted by molar-refractivity contribution is 0.412. The van der Waals surface area contributed by atoms with E-state index in [4.69, 9.17) is 10.00 Å². The van der Waals surface area contributed by atoms with Crippen molar-refractivity contribution in [1.29, 1.82) is 5.26 Å². The van der Waals surface area contributed by atoms with Crippen LogP contribution in [-0.2, 0) is 0 Å². The number of benzene rings is 1. The van der Waals surface area contributed by atoms with Crippen molar-refractivity contribution in [3.8, 4) is 23.1 Å². The highest BCUT2D eigenvalue weighted by Crippen LogP contribution is 2.25. The largest absolute Gasteiger partial charge is 0.496 e. The molecule has 90 valence electrons. The zero-order valence-corrected chi connectivity index (χ0v) is 10.0. The molecular weight excluding hydrogens is 230 g/mol. The van der Waals surface area contributed by atoms with Gasteiger partial charge in [0.25, 0.3) is 5.56 Å². The minimum Gasteiger partial charge on any atom is -0.496 e. The Hall–Kier alpha value is -2.61. The Kier molecular flexibility index (Phi) is 3.11. The molecule has 0 aliphatic heterocycles. The molecule has 2 rings (SSSR count). The first-order valence-corrected chi connectivity index (χ1v) is 5.30. The fourth-order valence-corrected chi connectivity index (χ4v) is 1.73. The van der Waals surface area contributed by atoms with Crippen molar-refractivity contribution in [2.75, 3.05) is 7.11 Å². The average molecular weight is 241 g/mol. The number of nitrogens with zero attached hydrogens (tertiary/aromatic N) is 2. The van der Waals surface area contributed by atoms with Crippen LogP contribution in [0.5, 0.6) is 5.75 Å². The number of aryl methyl sites for hydroxylation is 1. The van der Waals surface area contributed by atoms with E-state index < -0.39 is 0 Å². The number of nitrogens with one attached hydrogen (secondary N) is 1. The highest BCUT2D eigenvalue weighted by Gasteiger charge is 2.09. The summed E-state index contributed by atoms with van der Waals surface area (Å²) in [6.07, 6.45) is 0. The first-order chi connectivity index (χ1) is 8.65. The Morgan fingerprint density at radius 1 is 1.39 bits per heavy atom. The van der Waals surface area contributed by atoms with Gasteiger partial charge in [0.15, 0.2) is 0 Å². The van der Waals surface area contributed by atoms with Crippen LogP contribution in [0.1, 0.15) is 11.1 Å². The van der Waals surface area contributed by atoms with Crippen molar-refractivity contribution < 1.29 is 4.74 Å². The third-order valence-electron chi connectivity index (χ3n) is 2.60. The second kappa shape index (κ2) is 4.72. The van der Waals surface area contributed by atoms with Gasteiger partial charge in [-0.2, -0.15) is 10.4 Å². The number of ether oxygens (including phenoxy) is 1. The average Bonchev–Trinajstić information content (AvgIpc) is 2.38. The summed E-state index contributed by atoms with van der Waals surface area (Å²) < 4.78 is 5.17. The molecule has 1 aromatic heterocycles. The van der Waals surface area contributed by atoms with Crippen LogP contribution in [0.4, 0.5) is 0 Å². The summed E-state index contributed by atoms with van der Waals surface area (Å²) in [4.78, 5) is 11.1. The summed E-state index contributed by atoms with van der Waals surface area (Å²) in [5, 5.41) is 15.3. The summed E-state index contributed by atoms with van der Waals surface area (Å²) in [6, 6.07) is 8.67. The number of methoxy groups -OCH3 is 1. The van der Waals surface area contributed by atoms with Crippen LogP contribution in [0.2, 0.25) is 0 Å². The number of H-pyrrole nitrogens is 1. The highest BCUT2D eigenvalue weighted by atomic mass is 16.5. The van der Waals surface area contributed by atoms with E-state index in [1.807, 2.05) is 19.1 Å². The molecule has 0 unspecified atom stereocenters. The maximum Gasteiger partial charge on any atom is 0.265 e. The van der Waals surface area contributed by atoms with Crippen LogP contribution in [0.25, 0.3) is 11.3 Å². The fourth-order valence-electron chi connectivity index (χ4n) is 1.73. The van der Waals surface area contributed by atoms with E-state index in [2.05, 4.69) is 10.2 Å². The van der Waals surface area contributed by atoms with Gasteiger partial charge in [0.1, 0.15) is 17.5 Å². The molecule has 1 aromatic carbocycles. The van der Waals surface area contributed by atoms with Gasteiger partial charge in [-0.05, 0) is 30.7 Å². The first kappa shape index (κ1) is 11.9. The number of hydrogen-bond donors (Lipinski definition) is 1. The Morgan fingerprint density at radius 2 is 2.17 bits per heavy atom. The molecule has 0 amide bonds. The lowest BCUT2D eigenvalue weighted by atomic mass is 10.0. The molecule has 2 aromatic rings. The maximum atomic E-state index is 11.1. The monoisotopic (exact) mass is 241 g/mol. The molecule has 18 heavy (non-hydrogen) atoms. The van der Waals surface area contributed by atoms with E-state index in [-0.39, 0.29) is 11.1 Å². The minimum absolute atomic E-state index is 0.253. The van der Waals surface area contributed by atoms with Crippen molar-refractivity contribution in [1.82, 2.24) is 10.2 Å². The SMILES string of the molecule is COc1ccc(-c2n[nH]c(=O)cc2C#N)cc1C. The number of aromatic amines is 1. The number of hydrogen-bond acceptors (Lipinski definition) is 4. The molecule has 5 heteroatoms. The van der Waals surface area contributed by atoms with Crippen LogP contribution < -0.4 is 10.3 Å². The minimum atomic E-state index is -0.388. The van der Waals surface area contributed by atoms with Crippen molar-refractivity contribution in [2.45, 2.75) is 6.92 Å². The van der Waals surface area contributed by atoms with Gasteiger partial charge in [0.2, 0.25) is 0 Å². The smallest absolute Gasteiger partial charge is 0.265 e. The lowest BCUT2D eigenvalue weighted by Gasteiger charge is -2.07. The van der Waals surface area contributed by atoms with Gasteiger partial charge in [0, 0.05) is 11.6 Å². The Labute approximate surface area is 104 Å². The molecule has 0 bridgehead atoms. The van der Waals surface area contributed by atoms with Crippen molar-refractivity contribution in [3.63, 3.8) is 0 Å².